The molecule has 3 aromatic carbocycles. The van der Waals surface area contributed by atoms with Gasteiger partial charge in [0.05, 0.1) is 29.3 Å². The fourth-order valence-corrected chi connectivity index (χ4v) is 5.42. The molecule has 0 bridgehead atoms. The number of nitrogens with zero attached hydrogens (tertiary/aromatic N) is 2. The maximum atomic E-state index is 13.5. The second kappa shape index (κ2) is 12.5. The van der Waals surface area contributed by atoms with Crippen molar-refractivity contribution in [2.45, 2.75) is 44.4 Å². The number of aliphatic hydroxyl groups excluding tert-OH is 1. The van der Waals surface area contributed by atoms with Crippen LogP contribution >= 0.6 is 0 Å². The average molecular weight is 561 g/mol. The molecule has 0 aliphatic heterocycles. The standard InChI is InChI=1S/C29H31F3N2O4S/c1-21(2)33(28(36)17-12-23-10-13-25(14-11-23)29(30,31)32)20-24-6-4-5-7-27(24)34(18-19-35)39(37,38)26-15-8-22(3)9-16-26/h4-17,21,35H,18-20H2,1-3H3/b17-12+. The van der Waals surface area contributed by atoms with E-state index >= 15 is 0 Å². The molecule has 1 amide bonds. The van der Waals surface area contributed by atoms with Gasteiger partial charge < -0.3 is 10.0 Å². The predicted molar refractivity (Wildman–Crippen MR) is 145 cm³/mol. The molecule has 0 aliphatic rings. The van der Waals surface area contributed by atoms with E-state index in [-0.39, 0.29) is 24.0 Å². The number of alkyl halides is 3. The highest BCUT2D eigenvalue weighted by molar-refractivity contribution is 7.92. The van der Waals surface area contributed by atoms with Gasteiger partial charge in [-0.2, -0.15) is 13.2 Å². The molecule has 10 heteroatoms. The summed E-state index contributed by atoms with van der Waals surface area (Å²) < 4.78 is 66.7. The number of amides is 1. The van der Waals surface area contributed by atoms with E-state index in [1.807, 2.05) is 6.92 Å². The first-order valence-corrected chi connectivity index (χ1v) is 13.7. The van der Waals surface area contributed by atoms with Gasteiger partial charge >= 0.3 is 6.18 Å². The monoisotopic (exact) mass is 560 g/mol. The van der Waals surface area contributed by atoms with Crippen molar-refractivity contribution in [3.8, 4) is 0 Å². The number of sulfonamides is 1. The Morgan fingerprint density at radius 3 is 2.15 bits per heavy atom. The van der Waals surface area contributed by atoms with Crippen molar-refractivity contribution in [3.05, 3.63) is 101 Å². The first-order chi connectivity index (χ1) is 18.3. The zero-order chi connectivity index (χ0) is 28.8. The SMILES string of the molecule is Cc1ccc(S(=O)(=O)N(CCO)c2ccccc2CN(C(=O)/C=C/c2ccc(C(F)(F)F)cc2)C(C)C)cc1. The fourth-order valence-electron chi connectivity index (χ4n) is 3.93. The molecule has 0 aliphatic carbocycles. The van der Waals surface area contributed by atoms with E-state index in [9.17, 15) is 31.5 Å². The van der Waals surface area contributed by atoms with Crippen LogP contribution in [0, 0.1) is 6.92 Å². The third-order valence-electron chi connectivity index (χ3n) is 6.08. The highest BCUT2D eigenvalue weighted by Crippen LogP contribution is 2.30. The Bertz CT molecular complexity index is 1400. The Morgan fingerprint density at radius 1 is 0.974 bits per heavy atom. The van der Waals surface area contributed by atoms with Crippen molar-refractivity contribution in [1.29, 1.82) is 0 Å². The molecular weight excluding hydrogens is 529 g/mol. The largest absolute Gasteiger partial charge is 0.416 e. The summed E-state index contributed by atoms with van der Waals surface area (Å²) in [6.07, 6.45) is -1.74. The number of hydrogen-bond donors (Lipinski definition) is 1. The van der Waals surface area contributed by atoms with Gasteiger partial charge in [0.1, 0.15) is 0 Å². The fraction of sp³-hybridized carbons (Fsp3) is 0.276. The van der Waals surface area contributed by atoms with Crippen molar-refractivity contribution in [2.24, 2.45) is 0 Å². The molecule has 0 unspecified atom stereocenters. The van der Waals surface area contributed by atoms with Crippen molar-refractivity contribution < 1.29 is 31.5 Å². The molecule has 0 fully saturated rings. The number of para-hydroxylation sites is 1. The molecule has 6 nitrogen and oxygen atoms in total. The lowest BCUT2D eigenvalue weighted by Crippen LogP contribution is -2.37. The van der Waals surface area contributed by atoms with Crippen molar-refractivity contribution >= 4 is 27.7 Å². The van der Waals surface area contributed by atoms with Gasteiger partial charge in [-0.05, 0) is 68.3 Å². The van der Waals surface area contributed by atoms with Crippen LogP contribution in [-0.4, -0.2) is 43.5 Å². The molecule has 39 heavy (non-hydrogen) atoms. The van der Waals surface area contributed by atoms with Gasteiger partial charge in [0.15, 0.2) is 0 Å². The molecule has 3 aromatic rings. The predicted octanol–water partition coefficient (Wildman–Crippen LogP) is 5.65. The summed E-state index contributed by atoms with van der Waals surface area (Å²) in [4.78, 5) is 14.7. The van der Waals surface area contributed by atoms with Crippen LogP contribution in [0.5, 0.6) is 0 Å². The number of carbonyl (C=O) groups excluding carboxylic acids is 1. The zero-order valence-corrected chi connectivity index (χ0v) is 22.7. The Kier molecular flexibility index (Phi) is 9.58. The average Bonchev–Trinajstić information content (AvgIpc) is 2.89. The van der Waals surface area contributed by atoms with Crippen molar-refractivity contribution in [2.75, 3.05) is 17.5 Å². The number of benzene rings is 3. The van der Waals surface area contributed by atoms with E-state index in [4.69, 9.17) is 0 Å². The highest BCUT2D eigenvalue weighted by atomic mass is 32.2. The number of hydrogen-bond acceptors (Lipinski definition) is 4. The minimum atomic E-state index is -4.45. The summed E-state index contributed by atoms with van der Waals surface area (Å²) in [5.74, 6) is -0.394. The molecule has 0 radical (unpaired) electrons. The molecule has 1 N–H and O–H groups in total. The van der Waals surface area contributed by atoms with E-state index in [0.29, 0.717) is 16.8 Å². The number of rotatable bonds is 10. The first kappa shape index (κ1) is 29.9. The molecule has 0 aromatic heterocycles. The third kappa shape index (κ3) is 7.48. The Balaban J connectivity index is 1.90. The summed E-state index contributed by atoms with van der Waals surface area (Å²) in [5.41, 5.74) is 1.43. The second-order valence-electron chi connectivity index (χ2n) is 9.26. The quantitative estimate of drug-likeness (QED) is 0.325. The third-order valence-corrected chi connectivity index (χ3v) is 7.90. The number of aliphatic hydroxyl groups is 1. The topological polar surface area (TPSA) is 77.9 Å². The first-order valence-electron chi connectivity index (χ1n) is 12.3. The van der Waals surface area contributed by atoms with Crippen LogP contribution < -0.4 is 4.31 Å². The van der Waals surface area contributed by atoms with E-state index in [0.717, 1.165) is 22.0 Å². The lowest BCUT2D eigenvalue weighted by atomic mass is 10.1. The number of aryl methyl sites for hydroxylation is 1. The van der Waals surface area contributed by atoms with Crippen LogP contribution in [0.25, 0.3) is 6.08 Å². The van der Waals surface area contributed by atoms with Crippen molar-refractivity contribution in [3.63, 3.8) is 0 Å². The van der Waals surface area contributed by atoms with Gasteiger partial charge in [-0.3, -0.25) is 9.10 Å². The summed E-state index contributed by atoms with van der Waals surface area (Å²) in [6, 6.07) is 17.3. The van der Waals surface area contributed by atoms with Gasteiger partial charge in [-0.1, -0.05) is 48.0 Å². The van der Waals surface area contributed by atoms with Crippen LogP contribution in [0.4, 0.5) is 18.9 Å². The minimum absolute atomic E-state index is 0.0649. The maximum absolute atomic E-state index is 13.5. The number of carbonyl (C=O) groups is 1. The summed E-state index contributed by atoms with van der Waals surface area (Å²) >= 11 is 0. The normalized spacial score (nSPS) is 12.2. The summed E-state index contributed by atoms with van der Waals surface area (Å²) in [5, 5.41) is 9.70. The van der Waals surface area contributed by atoms with E-state index in [1.165, 1.54) is 41.3 Å². The van der Waals surface area contributed by atoms with Gasteiger partial charge in [-0.25, -0.2) is 8.42 Å². The summed E-state index contributed by atoms with van der Waals surface area (Å²) in [7, 11) is -4.02. The van der Waals surface area contributed by atoms with E-state index in [2.05, 4.69) is 0 Å². The molecular formula is C29H31F3N2O4S. The van der Waals surface area contributed by atoms with Gasteiger partial charge in [0.25, 0.3) is 10.0 Å². The lowest BCUT2D eigenvalue weighted by molar-refractivity contribution is -0.137. The molecule has 3 rings (SSSR count). The molecule has 208 valence electrons. The maximum Gasteiger partial charge on any atom is 0.416 e. The van der Waals surface area contributed by atoms with Crippen LogP contribution in [0.15, 0.2) is 83.8 Å². The zero-order valence-electron chi connectivity index (χ0n) is 21.9. The molecule has 0 saturated heterocycles. The Labute approximate surface area is 227 Å². The number of anilines is 1. The van der Waals surface area contributed by atoms with Crippen molar-refractivity contribution in [1.82, 2.24) is 4.90 Å². The Hall–Kier alpha value is -3.63. The molecule has 0 atom stereocenters. The smallest absolute Gasteiger partial charge is 0.394 e. The summed E-state index contributed by atoms with van der Waals surface area (Å²) in [6.45, 7) is 4.93. The number of halogens is 3. The van der Waals surface area contributed by atoms with E-state index in [1.54, 1.807) is 50.2 Å². The second-order valence-corrected chi connectivity index (χ2v) is 11.1. The molecule has 0 heterocycles. The highest BCUT2D eigenvalue weighted by Gasteiger charge is 2.30. The van der Waals surface area contributed by atoms with Gasteiger partial charge in [0.2, 0.25) is 5.91 Å². The minimum Gasteiger partial charge on any atom is -0.394 e. The molecule has 0 spiro atoms. The lowest BCUT2D eigenvalue weighted by Gasteiger charge is -2.30. The van der Waals surface area contributed by atoms with Crippen LogP contribution in [0.2, 0.25) is 0 Å². The molecule has 0 saturated carbocycles. The van der Waals surface area contributed by atoms with Crippen LogP contribution in [-0.2, 0) is 27.5 Å². The van der Waals surface area contributed by atoms with E-state index < -0.39 is 34.3 Å². The van der Waals surface area contributed by atoms with Crippen LogP contribution in [0.3, 0.4) is 0 Å². The van der Waals surface area contributed by atoms with Gasteiger partial charge in [0, 0.05) is 18.7 Å². The Morgan fingerprint density at radius 2 is 1.59 bits per heavy atom. The van der Waals surface area contributed by atoms with Gasteiger partial charge in [-0.15, -0.1) is 0 Å². The van der Waals surface area contributed by atoms with Crippen LogP contribution in [0.1, 0.15) is 36.1 Å².